The van der Waals surface area contributed by atoms with Crippen LogP contribution in [0, 0.1) is 0 Å². The molecule has 0 aliphatic carbocycles. The molecule has 0 bridgehead atoms. The number of rotatable bonds is 30. The number of ether oxygens (including phenoxy) is 3. The average molecular weight is 749 g/mol. The van der Waals surface area contributed by atoms with Gasteiger partial charge in [0.15, 0.2) is 0 Å². The standard InChI is InChI=1S/C51H72O4/c1-4-7-10-13-16-28-39-53-49(42-31-22-19-23-32-42)45-37-38-46(52)48(51(44-35-26-21-27-36-44)55-41-30-18-15-12-9-6-3)47(45)50(43-33-24-20-25-34-43)54-40-29-17-14-11-8-5-2/h19-27,31-38,49-52H,4-18,28-30,39-41H2,1-3H3. The summed E-state index contributed by atoms with van der Waals surface area (Å²) >= 11 is 0. The molecule has 4 aromatic carbocycles. The van der Waals surface area contributed by atoms with E-state index in [-0.39, 0.29) is 11.9 Å². The van der Waals surface area contributed by atoms with Gasteiger partial charge in [-0.05, 0) is 47.6 Å². The molecule has 0 amide bonds. The van der Waals surface area contributed by atoms with Crippen LogP contribution in [0.4, 0.5) is 0 Å². The maximum atomic E-state index is 12.1. The molecule has 4 nitrogen and oxygen atoms in total. The molecule has 0 fully saturated rings. The minimum atomic E-state index is -0.481. The second-order valence-corrected chi connectivity index (χ2v) is 15.3. The van der Waals surface area contributed by atoms with Crippen molar-refractivity contribution in [2.75, 3.05) is 19.8 Å². The lowest BCUT2D eigenvalue weighted by atomic mass is 9.84. The predicted molar refractivity (Wildman–Crippen MR) is 231 cm³/mol. The Kier molecular flexibility index (Phi) is 21.9. The van der Waals surface area contributed by atoms with Gasteiger partial charge < -0.3 is 19.3 Å². The van der Waals surface area contributed by atoms with Gasteiger partial charge in [0.25, 0.3) is 0 Å². The van der Waals surface area contributed by atoms with Gasteiger partial charge in [0.1, 0.15) is 24.1 Å². The Balaban J connectivity index is 1.82. The van der Waals surface area contributed by atoms with Crippen molar-refractivity contribution in [2.45, 2.75) is 155 Å². The Morgan fingerprint density at radius 1 is 0.364 bits per heavy atom. The molecular weight excluding hydrogens is 677 g/mol. The molecule has 0 aliphatic heterocycles. The number of unbranched alkanes of at least 4 members (excludes halogenated alkanes) is 15. The van der Waals surface area contributed by atoms with Gasteiger partial charge in [-0.15, -0.1) is 0 Å². The second kappa shape index (κ2) is 27.2. The van der Waals surface area contributed by atoms with Crippen LogP contribution in [0.1, 0.15) is 188 Å². The molecule has 0 radical (unpaired) electrons. The minimum absolute atomic E-state index is 0.224. The summed E-state index contributed by atoms with van der Waals surface area (Å²) in [6.07, 6.45) is 20.2. The van der Waals surface area contributed by atoms with Crippen LogP contribution < -0.4 is 0 Å². The summed E-state index contributed by atoms with van der Waals surface area (Å²) < 4.78 is 21.0. The fourth-order valence-electron chi connectivity index (χ4n) is 7.63. The van der Waals surface area contributed by atoms with E-state index in [1.54, 1.807) is 0 Å². The average Bonchev–Trinajstić information content (AvgIpc) is 3.22. The van der Waals surface area contributed by atoms with Crippen molar-refractivity contribution in [1.29, 1.82) is 0 Å². The van der Waals surface area contributed by atoms with E-state index in [9.17, 15) is 5.11 Å². The van der Waals surface area contributed by atoms with E-state index in [4.69, 9.17) is 14.2 Å². The van der Waals surface area contributed by atoms with E-state index in [0.29, 0.717) is 19.8 Å². The van der Waals surface area contributed by atoms with Crippen molar-refractivity contribution in [2.24, 2.45) is 0 Å². The first-order valence-electron chi connectivity index (χ1n) is 22.0. The predicted octanol–water partition coefficient (Wildman–Crippen LogP) is 14.8. The van der Waals surface area contributed by atoms with Gasteiger partial charge in [-0.3, -0.25) is 0 Å². The zero-order valence-electron chi connectivity index (χ0n) is 34.6. The van der Waals surface area contributed by atoms with Gasteiger partial charge in [-0.1, -0.05) is 214 Å². The number of benzene rings is 4. The number of aromatic hydroxyl groups is 1. The third-order valence-corrected chi connectivity index (χ3v) is 10.8. The summed E-state index contributed by atoms with van der Waals surface area (Å²) in [5, 5.41) is 12.1. The number of hydrogen-bond donors (Lipinski definition) is 1. The summed E-state index contributed by atoms with van der Waals surface area (Å²) in [5.74, 6) is 0.224. The normalized spacial score (nSPS) is 13.1. The molecule has 1 N–H and O–H groups in total. The van der Waals surface area contributed by atoms with Crippen LogP contribution in [0.5, 0.6) is 5.75 Å². The molecule has 0 aliphatic rings. The molecule has 3 unspecified atom stereocenters. The first-order chi connectivity index (χ1) is 27.2. The summed E-state index contributed by atoms with van der Waals surface area (Å²) in [4.78, 5) is 0. The zero-order chi connectivity index (χ0) is 38.8. The largest absolute Gasteiger partial charge is 0.508 e. The van der Waals surface area contributed by atoms with E-state index in [0.717, 1.165) is 71.9 Å². The number of hydrogen-bond acceptors (Lipinski definition) is 4. The van der Waals surface area contributed by atoms with Crippen molar-refractivity contribution in [3.05, 3.63) is 137 Å². The van der Waals surface area contributed by atoms with Gasteiger partial charge >= 0.3 is 0 Å². The summed E-state index contributed by atoms with van der Waals surface area (Å²) in [5.41, 5.74) is 5.92. The molecule has 0 saturated heterocycles. The molecule has 300 valence electrons. The maximum Gasteiger partial charge on any atom is 0.122 e. The Morgan fingerprint density at radius 2 is 0.691 bits per heavy atom. The molecular formula is C51H72O4. The van der Waals surface area contributed by atoms with Crippen LogP contribution >= 0.6 is 0 Å². The van der Waals surface area contributed by atoms with E-state index >= 15 is 0 Å². The SMILES string of the molecule is CCCCCCCCOC(c1ccccc1)c1ccc(O)c(C(OCCCCCCCC)c2ccccc2)c1C(OCCCCCCCC)c1ccccc1. The maximum absolute atomic E-state index is 12.1. The molecule has 0 aromatic heterocycles. The molecule has 4 rings (SSSR count). The van der Waals surface area contributed by atoms with E-state index in [1.807, 2.05) is 12.1 Å². The van der Waals surface area contributed by atoms with Crippen LogP contribution in [0.2, 0.25) is 0 Å². The van der Waals surface area contributed by atoms with Gasteiger partial charge in [0, 0.05) is 30.9 Å². The topological polar surface area (TPSA) is 47.9 Å². The summed E-state index contributed by atoms with van der Waals surface area (Å²) in [6, 6.07) is 35.5. The lowest BCUT2D eigenvalue weighted by Gasteiger charge is -2.32. The summed E-state index contributed by atoms with van der Waals surface area (Å²) in [7, 11) is 0. The van der Waals surface area contributed by atoms with Crippen molar-refractivity contribution >= 4 is 0 Å². The molecule has 0 saturated carbocycles. The van der Waals surface area contributed by atoms with E-state index in [1.165, 1.54) is 77.0 Å². The fraction of sp³-hybridized carbons (Fsp3) is 0.529. The molecule has 55 heavy (non-hydrogen) atoms. The van der Waals surface area contributed by atoms with Crippen LogP contribution in [0.25, 0.3) is 0 Å². The first kappa shape index (κ1) is 44.3. The lowest BCUT2D eigenvalue weighted by Crippen LogP contribution is -2.20. The Morgan fingerprint density at radius 3 is 1.09 bits per heavy atom. The highest BCUT2D eigenvalue weighted by molar-refractivity contribution is 5.54. The molecule has 4 heteroatoms. The monoisotopic (exact) mass is 749 g/mol. The molecule has 0 spiro atoms. The van der Waals surface area contributed by atoms with Crippen LogP contribution in [0.3, 0.4) is 0 Å². The quantitative estimate of drug-likeness (QED) is 0.0540. The first-order valence-corrected chi connectivity index (χ1v) is 22.0. The summed E-state index contributed by atoms with van der Waals surface area (Å²) in [6.45, 7) is 8.68. The fourth-order valence-corrected chi connectivity index (χ4v) is 7.63. The van der Waals surface area contributed by atoms with Crippen molar-refractivity contribution in [3.8, 4) is 5.75 Å². The zero-order valence-corrected chi connectivity index (χ0v) is 34.6. The van der Waals surface area contributed by atoms with Gasteiger partial charge in [0.05, 0.1) is 0 Å². The molecule has 3 atom stereocenters. The number of phenols is 1. The van der Waals surface area contributed by atoms with Crippen molar-refractivity contribution in [1.82, 2.24) is 0 Å². The lowest BCUT2D eigenvalue weighted by molar-refractivity contribution is 0.0522. The number of phenolic OH excluding ortho intramolecular Hbond substituents is 1. The highest BCUT2D eigenvalue weighted by Gasteiger charge is 2.33. The molecule has 4 aromatic rings. The van der Waals surface area contributed by atoms with Gasteiger partial charge in [-0.25, -0.2) is 0 Å². The highest BCUT2D eigenvalue weighted by Crippen LogP contribution is 2.46. The Labute approximate surface area is 335 Å². The minimum Gasteiger partial charge on any atom is -0.508 e. The van der Waals surface area contributed by atoms with E-state index < -0.39 is 12.2 Å². The van der Waals surface area contributed by atoms with Crippen LogP contribution in [-0.4, -0.2) is 24.9 Å². The van der Waals surface area contributed by atoms with Crippen molar-refractivity contribution < 1.29 is 19.3 Å². The van der Waals surface area contributed by atoms with Gasteiger partial charge in [-0.2, -0.15) is 0 Å². The highest BCUT2D eigenvalue weighted by atomic mass is 16.5. The van der Waals surface area contributed by atoms with Crippen LogP contribution in [-0.2, 0) is 14.2 Å². The van der Waals surface area contributed by atoms with Crippen LogP contribution in [0.15, 0.2) is 103 Å². The van der Waals surface area contributed by atoms with Gasteiger partial charge in [0.2, 0.25) is 0 Å². The van der Waals surface area contributed by atoms with E-state index in [2.05, 4.69) is 112 Å². The Hall–Kier alpha value is -3.44. The second-order valence-electron chi connectivity index (χ2n) is 15.3. The van der Waals surface area contributed by atoms with Crippen molar-refractivity contribution in [3.63, 3.8) is 0 Å². The third-order valence-electron chi connectivity index (χ3n) is 10.8. The Bertz CT molecular complexity index is 1520. The molecule has 0 heterocycles. The smallest absolute Gasteiger partial charge is 0.122 e. The third kappa shape index (κ3) is 15.2.